The van der Waals surface area contributed by atoms with Crippen LogP contribution in [0, 0.1) is 6.92 Å². The van der Waals surface area contributed by atoms with Gasteiger partial charge in [0, 0.05) is 10.0 Å². The first-order valence-corrected chi connectivity index (χ1v) is 11.2. The van der Waals surface area contributed by atoms with Gasteiger partial charge in [-0.1, -0.05) is 76.1 Å². The van der Waals surface area contributed by atoms with E-state index in [0.717, 1.165) is 21.2 Å². The summed E-state index contributed by atoms with van der Waals surface area (Å²) in [5.74, 6) is 0.481. The van der Waals surface area contributed by atoms with E-state index < -0.39 is 10.0 Å². The third-order valence-electron chi connectivity index (χ3n) is 4.75. The van der Waals surface area contributed by atoms with Crippen LogP contribution in [-0.4, -0.2) is 25.1 Å². The molecule has 0 bridgehead atoms. The second kappa shape index (κ2) is 7.53. The molecule has 4 nitrogen and oxygen atoms in total. The number of nitrogens with zero attached hydrogens (tertiary/aromatic N) is 2. The zero-order valence-electron chi connectivity index (χ0n) is 15.3. The third kappa shape index (κ3) is 3.62. The molecular weight excluding hydrogens is 436 g/mol. The minimum Gasteiger partial charge on any atom is -0.257 e. The van der Waals surface area contributed by atoms with E-state index in [1.54, 1.807) is 12.1 Å². The molecule has 0 fully saturated rings. The minimum absolute atomic E-state index is 0.247. The third-order valence-corrected chi connectivity index (χ3v) is 7.05. The summed E-state index contributed by atoms with van der Waals surface area (Å²) < 4.78 is 29.2. The zero-order valence-corrected chi connectivity index (χ0v) is 17.7. The highest BCUT2D eigenvalue weighted by Gasteiger charge is 2.36. The van der Waals surface area contributed by atoms with Gasteiger partial charge in [0.25, 0.3) is 10.0 Å². The Bertz CT molecular complexity index is 1110. The van der Waals surface area contributed by atoms with Crippen molar-refractivity contribution < 1.29 is 8.42 Å². The molecule has 1 aliphatic rings. The molecule has 1 heterocycles. The van der Waals surface area contributed by atoms with Gasteiger partial charge < -0.3 is 0 Å². The van der Waals surface area contributed by atoms with Gasteiger partial charge in [-0.2, -0.15) is 0 Å². The van der Waals surface area contributed by atoms with Crippen molar-refractivity contribution in [2.24, 2.45) is 4.99 Å². The molecule has 0 amide bonds. The van der Waals surface area contributed by atoms with Crippen LogP contribution in [0.5, 0.6) is 0 Å². The molecule has 28 heavy (non-hydrogen) atoms. The van der Waals surface area contributed by atoms with Crippen molar-refractivity contribution in [1.29, 1.82) is 0 Å². The Kier molecular flexibility index (Phi) is 5.08. The molecule has 0 spiro atoms. The van der Waals surface area contributed by atoms with Crippen LogP contribution in [0.3, 0.4) is 0 Å². The number of hydrogen-bond donors (Lipinski definition) is 0. The Morgan fingerprint density at radius 2 is 1.57 bits per heavy atom. The number of hydrogen-bond acceptors (Lipinski definition) is 3. The van der Waals surface area contributed by atoms with E-state index in [0.29, 0.717) is 5.84 Å². The quantitative estimate of drug-likeness (QED) is 0.559. The summed E-state index contributed by atoms with van der Waals surface area (Å²) in [5, 5.41) is 0. The molecule has 1 aliphatic heterocycles. The maximum atomic E-state index is 13.4. The number of amidine groups is 1. The minimum atomic E-state index is -3.71. The molecule has 0 aliphatic carbocycles. The summed E-state index contributed by atoms with van der Waals surface area (Å²) in [6.45, 7) is 2.22. The van der Waals surface area contributed by atoms with E-state index in [1.165, 1.54) is 4.31 Å². The molecule has 6 heteroatoms. The van der Waals surface area contributed by atoms with Crippen LogP contribution in [0.25, 0.3) is 0 Å². The average Bonchev–Trinajstić information content (AvgIpc) is 3.16. The average molecular weight is 455 g/mol. The number of aliphatic imine (C=N–C) groups is 1. The highest BCUT2D eigenvalue weighted by atomic mass is 79.9. The van der Waals surface area contributed by atoms with Gasteiger partial charge in [-0.25, -0.2) is 12.7 Å². The summed E-state index contributed by atoms with van der Waals surface area (Å²) in [6.07, 6.45) is 0. The van der Waals surface area contributed by atoms with Gasteiger partial charge in [0.1, 0.15) is 5.84 Å². The lowest BCUT2D eigenvalue weighted by Crippen LogP contribution is -2.35. The molecule has 0 saturated heterocycles. The molecule has 3 aromatic carbocycles. The zero-order chi connectivity index (χ0) is 19.7. The molecule has 4 rings (SSSR count). The number of rotatable bonds is 4. The van der Waals surface area contributed by atoms with Crippen molar-refractivity contribution in [3.63, 3.8) is 0 Å². The molecule has 0 N–H and O–H groups in total. The fourth-order valence-electron chi connectivity index (χ4n) is 3.22. The summed E-state index contributed by atoms with van der Waals surface area (Å²) in [6, 6.07) is 24.0. The van der Waals surface area contributed by atoms with Crippen molar-refractivity contribution in [3.05, 3.63) is 100 Å². The Balaban J connectivity index is 1.78. The lowest BCUT2D eigenvalue weighted by molar-refractivity contribution is 0.520. The molecule has 1 unspecified atom stereocenters. The topological polar surface area (TPSA) is 49.7 Å². The monoisotopic (exact) mass is 454 g/mol. The summed E-state index contributed by atoms with van der Waals surface area (Å²) in [7, 11) is -3.71. The van der Waals surface area contributed by atoms with E-state index in [4.69, 9.17) is 4.99 Å². The van der Waals surface area contributed by atoms with Crippen LogP contribution in [0.1, 0.15) is 22.7 Å². The van der Waals surface area contributed by atoms with Crippen molar-refractivity contribution in [2.45, 2.75) is 17.9 Å². The van der Waals surface area contributed by atoms with Crippen LogP contribution in [0.2, 0.25) is 0 Å². The molecule has 3 aromatic rings. The van der Waals surface area contributed by atoms with Gasteiger partial charge in [0.2, 0.25) is 0 Å². The van der Waals surface area contributed by atoms with Crippen LogP contribution in [0.4, 0.5) is 0 Å². The van der Waals surface area contributed by atoms with Gasteiger partial charge in [0.15, 0.2) is 0 Å². The molecule has 142 valence electrons. The van der Waals surface area contributed by atoms with Gasteiger partial charge in [-0.15, -0.1) is 0 Å². The normalized spacial score (nSPS) is 16.9. The van der Waals surface area contributed by atoms with E-state index in [2.05, 4.69) is 15.9 Å². The Morgan fingerprint density at radius 1 is 0.929 bits per heavy atom. The maximum Gasteiger partial charge on any atom is 0.265 e. The fraction of sp³-hybridized carbons (Fsp3) is 0.136. The van der Waals surface area contributed by atoms with Gasteiger partial charge in [-0.05, 0) is 36.8 Å². The Morgan fingerprint density at radius 3 is 2.21 bits per heavy atom. The molecule has 0 aromatic heterocycles. The van der Waals surface area contributed by atoms with Crippen molar-refractivity contribution in [2.75, 3.05) is 6.54 Å². The van der Waals surface area contributed by atoms with Gasteiger partial charge in [-0.3, -0.25) is 4.99 Å². The second-order valence-corrected chi connectivity index (χ2v) is 9.51. The highest BCUT2D eigenvalue weighted by molar-refractivity contribution is 9.10. The van der Waals surface area contributed by atoms with E-state index in [-0.39, 0.29) is 17.5 Å². The van der Waals surface area contributed by atoms with Crippen molar-refractivity contribution in [3.8, 4) is 0 Å². The van der Waals surface area contributed by atoms with E-state index in [9.17, 15) is 8.42 Å². The molecule has 0 saturated carbocycles. The first-order valence-electron chi connectivity index (χ1n) is 8.93. The fourth-order valence-corrected chi connectivity index (χ4v) is 4.93. The van der Waals surface area contributed by atoms with Crippen LogP contribution in [-0.2, 0) is 10.0 Å². The number of benzene rings is 3. The maximum absolute atomic E-state index is 13.4. The van der Waals surface area contributed by atoms with Crippen molar-refractivity contribution in [1.82, 2.24) is 4.31 Å². The summed E-state index contributed by atoms with van der Waals surface area (Å²) in [5.41, 5.74) is 2.79. The summed E-state index contributed by atoms with van der Waals surface area (Å²) in [4.78, 5) is 5.07. The number of sulfonamides is 1. The first kappa shape index (κ1) is 18.9. The van der Waals surface area contributed by atoms with Gasteiger partial charge in [0.05, 0.1) is 17.5 Å². The van der Waals surface area contributed by atoms with E-state index >= 15 is 0 Å². The van der Waals surface area contributed by atoms with Gasteiger partial charge >= 0.3 is 0 Å². The van der Waals surface area contributed by atoms with Crippen LogP contribution in [0.15, 0.2) is 93.2 Å². The van der Waals surface area contributed by atoms with E-state index in [1.807, 2.05) is 73.7 Å². The standard InChI is InChI=1S/C22H19BrN2O2S/c1-16-7-13-20(14-8-16)28(26,27)25-15-21(17-9-11-19(23)12-10-17)24-22(25)18-5-3-2-4-6-18/h2-14,21H,15H2,1H3. The SMILES string of the molecule is Cc1ccc(S(=O)(=O)N2CC(c3ccc(Br)cc3)N=C2c2ccccc2)cc1. The predicted octanol–water partition coefficient (Wildman–Crippen LogP) is 4.95. The predicted molar refractivity (Wildman–Crippen MR) is 115 cm³/mol. The number of aryl methyl sites for hydroxylation is 1. The molecule has 0 radical (unpaired) electrons. The lowest BCUT2D eigenvalue weighted by atomic mass is 10.1. The first-order chi connectivity index (χ1) is 13.4. The Labute approximate surface area is 173 Å². The summed E-state index contributed by atoms with van der Waals surface area (Å²) >= 11 is 3.44. The molecular formula is C22H19BrN2O2S. The smallest absolute Gasteiger partial charge is 0.257 e. The lowest BCUT2D eigenvalue weighted by Gasteiger charge is -2.21. The largest absolute Gasteiger partial charge is 0.265 e. The second-order valence-electron chi connectivity index (χ2n) is 6.74. The van der Waals surface area contributed by atoms with Crippen LogP contribution >= 0.6 is 15.9 Å². The van der Waals surface area contributed by atoms with Crippen molar-refractivity contribution >= 4 is 31.8 Å². The number of halogens is 1. The Hall–Kier alpha value is -2.44. The molecule has 1 atom stereocenters. The highest BCUT2D eigenvalue weighted by Crippen LogP contribution is 2.32. The van der Waals surface area contributed by atoms with Crippen LogP contribution < -0.4 is 0 Å².